The number of amides is 1. The van der Waals surface area contributed by atoms with Crippen LogP contribution in [0.3, 0.4) is 0 Å². The molecule has 0 aliphatic rings. The number of nitrogens with one attached hydrogen (secondary N) is 2. The summed E-state index contributed by atoms with van der Waals surface area (Å²) in [6.45, 7) is -0.663. The lowest BCUT2D eigenvalue weighted by Crippen LogP contribution is -2.33. The van der Waals surface area contributed by atoms with Crippen molar-refractivity contribution in [3.63, 3.8) is 0 Å². The van der Waals surface area contributed by atoms with Gasteiger partial charge in [0.2, 0.25) is 28.2 Å². The van der Waals surface area contributed by atoms with Gasteiger partial charge in [-0.25, -0.2) is 13.1 Å². The number of anilines is 1. The van der Waals surface area contributed by atoms with Gasteiger partial charge >= 0.3 is 6.18 Å². The Morgan fingerprint density at radius 3 is 2.45 bits per heavy atom. The van der Waals surface area contributed by atoms with Crippen LogP contribution in [0.5, 0.6) is 0 Å². The lowest BCUT2D eigenvalue weighted by molar-refractivity contribution is -0.137. The number of hydrogen-bond acceptors (Lipinski definition) is 6. The molecule has 3 rings (SSSR count). The van der Waals surface area contributed by atoms with E-state index in [-0.39, 0.29) is 5.89 Å². The minimum Gasteiger partial charge on any atom is -0.423 e. The molecule has 0 fully saturated rings. The summed E-state index contributed by atoms with van der Waals surface area (Å²) in [6, 6.07) is 9.53. The topological polar surface area (TPSA) is 114 Å². The quantitative estimate of drug-likeness (QED) is 0.627. The molecule has 0 spiro atoms. The fourth-order valence-electron chi connectivity index (χ4n) is 2.28. The Labute approximate surface area is 162 Å². The average molecular weight is 426 g/mol. The molecule has 0 aliphatic heterocycles. The van der Waals surface area contributed by atoms with Crippen molar-refractivity contribution in [3.8, 4) is 11.5 Å². The molecule has 0 radical (unpaired) electrons. The number of hydrogen-bond donors (Lipinski definition) is 2. The van der Waals surface area contributed by atoms with Crippen molar-refractivity contribution in [2.45, 2.75) is 11.1 Å². The zero-order valence-corrected chi connectivity index (χ0v) is 15.3. The van der Waals surface area contributed by atoms with Gasteiger partial charge in [-0.05, 0) is 42.5 Å². The van der Waals surface area contributed by atoms with Crippen LogP contribution in [0.25, 0.3) is 11.5 Å². The number of halogens is 3. The van der Waals surface area contributed by atoms with Crippen LogP contribution in [0, 0.1) is 0 Å². The Morgan fingerprint density at radius 2 is 1.83 bits per heavy atom. The van der Waals surface area contributed by atoms with Gasteiger partial charge < -0.3 is 9.73 Å². The van der Waals surface area contributed by atoms with Gasteiger partial charge in [0.15, 0.2) is 0 Å². The number of nitrogens with zero attached hydrogens (tertiary/aromatic N) is 2. The van der Waals surface area contributed by atoms with Gasteiger partial charge in [-0.2, -0.15) is 13.2 Å². The minimum atomic E-state index is -4.68. The van der Waals surface area contributed by atoms with Crippen molar-refractivity contribution in [2.75, 3.05) is 11.9 Å². The van der Waals surface area contributed by atoms with Gasteiger partial charge in [0.05, 0.1) is 17.0 Å². The van der Waals surface area contributed by atoms with E-state index < -0.39 is 39.1 Å². The van der Waals surface area contributed by atoms with Crippen molar-refractivity contribution >= 4 is 21.6 Å². The molecule has 152 valence electrons. The Kier molecular flexibility index (Phi) is 5.66. The number of alkyl halides is 3. The van der Waals surface area contributed by atoms with E-state index in [4.69, 9.17) is 4.42 Å². The number of benzene rings is 2. The van der Waals surface area contributed by atoms with Crippen molar-refractivity contribution in [1.82, 2.24) is 14.9 Å². The molecule has 0 atom stereocenters. The average Bonchev–Trinajstić information content (AvgIpc) is 3.21. The molecule has 29 heavy (non-hydrogen) atoms. The highest BCUT2D eigenvalue weighted by Gasteiger charge is 2.31. The van der Waals surface area contributed by atoms with Crippen LogP contribution in [-0.2, 0) is 21.0 Å². The standard InChI is InChI=1S/C17H13F3N4O4S/c18-17(19,20)12-2-1-3-14(8-12)29(26,27)22-9-15(25)23-13-6-4-11(5-7-13)16-24-21-10-28-16/h1-8,10,22H,9H2,(H,23,25). The Morgan fingerprint density at radius 1 is 1.10 bits per heavy atom. The van der Waals surface area contributed by atoms with Gasteiger partial charge in [-0.3, -0.25) is 4.79 Å². The normalized spacial score (nSPS) is 12.0. The van der Waals surface area contributed by atoms with Crippen molar-refractivity contribution in [1.29, 1.82) is 0 Å². The molecule has 0 saturated heterocycles. The third-order valence-corrected chi connectivity index (χ3v) is 5.07. The first-order chi connectivity index (χ1) is 13.6. The zero-order chi connectivity index (χ0) is 21.1. The fourth-order valence-corrected chi connectivity index (χ4v) is 3.31. The number of carbonyl (C=O) groups excluding carboxylic acids is 1. The SMILES string of the molecule is O=C(CNS(=O)(=O)c1cccc(C(F)(F)F)c1)Nc1ccc(-c2nnco2)cc1. The summed E-state index contributed by atoms with van der Waals surface area (Å²) in [4.78, 5) is 11.4. The molecule has 1 aromatic heterocycles. The highest BCUT2D eigenvalue weighted by atomic mass is 32.2. The number of aromatic nitrogens is 2. The summed E-state index contributed by atoms with van der Waals surface area (Å²) in [7, 11) is -4.31. The summed E-state index contributed by atoms with van der Waals surface area (Å²) in [6.07, 6.45) is -3.52. The van der Waals surface area contributed by atoms with E-state index in [1.807, 2.05) is 4.72 Å². The second-order valence-electron chi connectivity index (χ2n) is 5.72. The lowest BCUT2D eigenvalue weighted by Gasteiger charge is -2.10. The molecule has 0 aliphatic carbocycles. The Hall–Kier alpha value is -3.25. The summed E-state index contributed by atoms with van der Waals surface area (Å²) in [5.41, 5.74) is -0.117. The fraction of sp³-hybridized carbons (Fsp3) is 0.118. The first-order valence-electron chi connectivity index (χ1n) is 7.98. The maximum Gasteiger partial charge on any atom is 0.416 e. The molecule has 0 unspecified atom stereocenters. The van der Waals surface area contributed by atoms with E-state index in [9.17, 15) is 26.4 Å². The van der Waals surface area contributed by atoms with Crippen molar-refractivity contribution < 1.29 is 30.8 Å². The monoisotopic (exact) mass is 426 g/mol. The van der Waals surface area contributed by atoms with E-state index in [0.29, 0.717) is 17.3 Å². The minimum absolute atomic E-state index is 0.289. The molecule has 2 N–H and O–H groups in total. The summed E-state index contributed by atoms with van der Waals surface area (Å²) < 4.78 is 69.5. The molecule has 0 saturated carbocycles. The van der Waals surface area contributed by atoms with Crippen LogP contribution >= 0.6 is 0 Å². The second kappa shape index (κ2) is 8.01. The van der Waals surface area contributed by atoms with Gasteiger partial charge in [-0.15, -0.1) is 10.2 Å². The van der Waals surface area contributed by atoms with E-state index in [1.165, 1.54) is 6.39 Å². The molecule has 3 aromatic rings. The maximum atomic E-state index is 12.7. The van der Waals surface area contributed by atoms with Crippen molar-refractivity contribution in [3.05, 3.63) is 60.5 Å². The maximum absolute atomic E-state index is 12.7. The van der Waals surface area contributed by atoms with Gasteiger partial charge in [-0.1, -0.05) is 6.07 Å². The largest absolute Gasteiger partial charge is 0.423 e. The zero-order valence-electron chi connectivity index (χ0n) is 14.5. The smallest absolute Gasteiger partial charge is 0.416 e. The van der Waals surface area contributed by atoms with Gasteiger partial charge in [0.25, 0.3) is 0 Å². The van der Waals surface area contributed by atoms with E-state index >= 15 is 0 Å². The molecule has 1 amide bonds. The Balaban J connectivity index is 1.61. The van der Waals surface area contributed by atoms with Crippen LogP contribution in [0.2, 0.25) is 0 Å². The van der Waals surface area contributed by atoms with Crippen LogP contribution in [-0.4, -0.2) is 31.1 Å². The predicted octanol–water partition coefficient (Wildman–Crippen LogP) is 2.67. The molecule has 12 heteroatoms. The summed E-state index contributed by atoms with van der Waals surface area (Å²) in [5.74, 6) is -0.414. The third kappa shape index (κ3) is 5.18. The molecule has 1 heterocycles. The Bertz CT molecular complexity index is 1100. The first kappa shape index (κ1) is 20.5. The van der Waals surface area contributed by atoms with Gasteiger partial charge in [0, 0.05) is 11.3 Å². The van der Waals surface area contributed by atoms with Crippen LogP contribution in [0.4, 0.5) is 18.9 Å². The van der Waals surface area contributed by atoms with E-state index in [0.717, 1.165) is 18.2 Å². The number of sulfonamides is 1. The number of carbonyl (C=O) groups is 1. The summed E-state index contributed by atoms with van der Waals surface area (Å²) in [5, 5.41) is 9.74. The molecular weight excluding hydrogens is 413 g/mol. The molecule has 0 bridgehead atoms. The number of rotatable bonds is 6. The third-order valence-electron chi connectivity index (χ3n) is 3.67. The summed E-state index contributed by atoms with van der Waals surface area (Å²) >= 11 is 0. The molecular formula is C17H13F3N4O4S. The van der Waals surface area contributed by atoms with Gasteiger partial charge in [0.1, 0.15) is 0 Å². The highest BCUT2D eigenvalue weighted by Crippen LogP contribution is 2.30. The molecule has 8 nitrogen and oxygen atoms in total. The van der Waals surface area contributed by atoms with Crippen LogP contribution in [0.15, 0.2) is 64.2 Å². The molecule has 2 aromatic carbocycles. The lowest BCUT2D eigenvalue weighted by atomic mass is 10.2. The van der Waals surface area contributed by atoms with Crippen LogP contribution < -0.4 is 10.0 Å². The first-order valence-corrected chi connectivity index (χ1v) is 9.47. The van der Waals surface area contributed by atoms with E-state index in [1.54, 1.807) is 24.3 Å². The van der Waals surface area contributed by atoms with Crippen LogP contribution in [0.1, 0.15) is 5.56 Å². The predicted molar refractivity (Wildman–Crippen MR) is 95.0 cm³/mol. The van der Waals surface area contributed by atoms with Crippen molar-refractivity contribution in [2.24, 2.45) is 0 Å². The van der Waals surface area contributed by atoms with E-state index in [2.05, 4.69) is 15.5 Å². The second-order valence-corrected chi connectivity index (χ2v) is 7.49. The highest BCUT2D eigenvalue weighted by molar-refractivity contribution is 7.89.